The van der Waals surface area contributed by atoms with E-state index >= 15 is 0 Å². The van der Waals surface area contributed by atoms with Crippen LogP contribution < -0.4 is 0 Å². The molecule has 98 valence electrons. The SMILES string of the molecule is C[N+]1(C)CC=C(C=Cc2c[nH]c3ccccc23)CC1. The molecule has 1 aliphatic rings. The summed E-state index contributed by atoms with van der Waals surface area (Å²) >= 11 is 0. The van der Waals surface area contributed by atoms with E-state index in [1.165, 1.54) is 35.0 Å². The number of aromatic amines is 1. The highest BCUT2D eigenvalue weighted by atomic mass is 15.3. The summed E-state index contributed by atoms with van der Waals surface area (Å²) in [7, 11) is 4.58. The molecule has 2 nitrogen and oxygen atoms in total. The Morgan fingerprint density at radius 1 is 1.16 bits per heavy atom. The number of quaternary nitrogens is 1. The molecule has 2 aromatic rings. The van der Waals surface area contributed by atoms with Crippen LogP contribution in [0.3, 0.4) is 0 Å². The standard InChI is InChI=1S/C17H21N2/c1-19(2)11-9-14(10-12-19)7-8-15-13-18-17-6-4-3-5-16(15)17/h3-9,13,18H,10-12H2,1-2H3/q+1. The van der Waals surface area contributed by atoms with Gasteiger partial charge in [-0.05, 0) is 23.3 Å². The molecule has 0 atom stereocenters. The second kappa shape index (κ2) is 4.71. The number of hydrogen-bond donors (Lipinski definition) is 1. The van der Waals surface area contributed by atoms with Crippen LogP contribution in [0.25, 0.3) is 17.0 Å². The molecule has 1 aliphatic heterocycles. The number of allylic oxidation sites excluding steroid dienone is 1. The lowest BCUT2D eigenvalue weighted by atomic mass is 10.1. The highest BCUT2D eigenvalue weighted by molar-refractivity contribution is 5.88. The zero-order valence-corrected chi connectivity index (χ0v) is 11.7. The summed E-state index contributed by atoms with van der Waals surface area (Å²) in [5.74, 6) is 0. The number of aromatic nitrogens is 1. The molecule has 1 aromatic heterocycles. The fourth-order valence-corrected chi connectivity index (χ4v) is 2.57. The molecule has 1 aromatic carbocycles. The van der Waals surface area contributed by atoms with Crippen molar-refractivity contribution in [2.45, 2.75) is 6.42 Å². The van der Waals surface area contributed by atoms with Crippen LogP contribution in [0.5, 0.6) is 0 Å². The van der Waals surface area contributed by atoms with Crippen molar-refractivity contribution in [1.29, 1.82) is 0 Å². The van der Waals surface area contributed by atoms with E-state index in [1.807, 2.05) is 0 Å². The second-order valence-corrected chi connectivity index (χ2v) is 5.99. The van der Waals surface area contributed by atoms with E-state index in [9.17, 15) is 0 Å². The molecule has 0 aliphatic carbocycles. The van der Waals surface area contributed by atoms with E-state index in [2.05, 4.69) is 67.8 Å². The molecule has 0 spiro atoms. The van der Waals surface area contributed by atoms with Gasteiger partial charge in [-0.25, -0.2) is 0 Å². The first-order chi connectivity index (χ1) is 9.14. The molecule has 0 radical (unpaired) electrons. The van der Waals surface area contributed by atoms with Crippen LogP contribution >= 0.6 is 0 Å². The Bertz CT molecular complexity index is 644. The van der Waals surface area contributed by atoms with E-state index in [0.717, 1.165) is 11.0 Å². The average Bonchev–Trinajstić information content (AvgIpc) is 2.81. The van der Waals surface area contributed by atoms with Crippen molar-refractivity contribution >= 4 is 17.0 Å². The van der Waals surface area contributed by atoms with Crippen molar-refractivity contribution in [1.82, 2.24) is 4.98 Å². The number of nitrogens with one attached hydrogen (secondary N) is 1. The van der Waals surface area contributed by atoms with Gasteiger partial charge in [-0.2, -0.15) is 0 Å². The molecular formula is C17H21N2+. The van der Waals surface area contributed by atoms with Crippen molar-refractivity contribution in [3.05, 3.63) is 53.8 Å². The maximum absolute atomic E-state index is 3.32. The number of H-pyrrole nitrogens is 1. The maximum Gasteiger partial charge on any atom is 0.0975 e. The first-order valence-corrected chi connectivity index (χ1v) is 6.89. The fourth-order valence-electron chi connectivity index (χ4n) is 2.57. The molecule has 0 saturated carbocycles. The molecule has 0 unspecified atom stereocenters. The van der Waals surface area contributed by atoms with Crippen molar-refractivity contribution < 1.29 is 4.48 Å². The number of para-hydroxylation sites is 1. The average molecular weight is 253 g/mol. The Balaban J connectivity index is 1.82. The molecule has 0 fully saturated rings. The molecule has 0 bridgehead atoms. The Labute approximate surface area is 114 Å². The van der Waals surface area contributed by atoms with Gasteiger partial charge in [-0.3, -0.25) is 0 Å². The summed E-state index contributed by atoms with van der Waals surface area (Å²) in [6, 6.07) is 8.44. The summed E-state index contributed by atoms with van der Waals surface area (Å²) in [6.45, 7) is 2.36. The zero-order chi connectivity index (χ0) is 13.3. The van der Waals surface area contributed by atoms with E-state index in [-0.39, 0.29) is 0 Å². The van der Waals surface area contributed by atoms with E-state index in [4.69, 9.17) is 0 Å². The summed E-state index contributed by atoms with van der Waals surface area (Å²) in [4.78, 5) is 3.32. The van der Waals surface area contributed by atoms with Crippen LogP contribution in [-0.2, 0) is 0 Å². The van der Waals surface area contributed by atoms with Crippen molar-refractivity contribution in [3.63, 3.8) is 0 Å². The summed E-state index contributed by atoms with van der Waals surface area (Å²) < 4.78 is 1.10. The van der Waals surface area contributed by atoms with Gasteiger partial charge < -0.3 is 9.47 Å². The minimum absolute atomic E-state index is 1.10. The van der Waals surface area contributed by atoms with Gasteiger partial charge in [0.25, 0.3) is 0 Å². The highest BCUT2D eigenvalue weighted by Crippen LogP contribution is 2.21. The smallest absolute Gasteiger partial charge is 0.0975 e. The molecule has 0 amide bonds. The van der Waals surface area contributed by atoms with Crippen molar-refractivity contribution in [2.24, 2.45) is 0 Å². The minimum atomic E-state index is 1.10. The van der Waals surface area contributed by atoms with Gasteiger partial charge in [0.15, 0.2) is 0 Å². The lowest BCUT2D eigenvalue weighted by molar-refractivity contribution is -0.885. The van der Waals surface area contributed by atoms with E-state index < -0.39 is 0 Å². The van der Waals surface area contributed by atoms with Crippen LogP contribution in [0, 0.1) is 0 Å². The topological polar surface area (TPSA) is 15.8 Å². The molecular weight excluding hydrogens is 232 g/mol. The Kier molecular flexibility index (Phi) is 3.03. The Morgan fingerprint density at radius 2 is 2.00 bits per heavy atom. The molecule has 1 N–H and O–H groups in total. The van der Waals surface area contributed by atoms with Crippen LogP contribution in [0.2, 0.25) is 0 Å². The predicted molar refractivity (Wildman–Crippen MR) is 81.9 cm³/mol. The van der Waals surface area contributed by atoms with Gasteiger partial charge in [0.1, 0.15) is 0 Å². The van der Waals surface area contributed by atoms with Crippen LogP contribution in [-0.4, -0.2) is 36.7 Å². The Hall–Kier alpha value is -1.80. The third kappa shape index (κ3) is 2.64. The highest BCUT2D eigenvalue weighted by Gasteiger charge is 2.18. The van der Waals surface area contributed by atoms with E-state index in [0.29, 0.717) is 0 Å². The predicted octanol–water partition coefficient (Wildman–Crippen LogP) is 3.59. The van der Waals surface area contributed by atoms with Crippen LogP contribution in [0.1, 0.15) is 12.0 Å². The first-order valence-electron chi connectivity index (χ1n) is 6.89. The number of hydrogen-bond acceptors (Lipinski definition) is 0. The van der Waals surface area contributed by atoms with Crippen LogP contribution in [0.4, 0.5) is 0 Å². The second-order valence-electron chi connectivity index (χ2n) is 5.99. The normalized spacial score (nSPS) is 18.9. The minimum Gasteiger partial charge on any atom is -0.361 e. The number of nitrogens with zero attached hydrogens (tertiary/aromatic N) is 1. The molecule has 2 heteroatoms. The summed E-state index contributed by atoms with van der Waals surface area (Å²) in [5.41, 5.74) is 3.94. The number of rotatable bonds is 2. The molecule has 3 rings (SSSR count). The number of fused-ring (bicyclic) bond motifs is 1. The largest absolute Gasteiger partial charge is 0.361 e. The van der Waals surface area contributed by atoms with Gasteiger partial charge >= 0.3 is 0 Å². The zero-order valence-electron chi connectivity index (χ0n) is 11.7. The van der Waals surface area contributed by atoms with Gasteiger partial charge in [-0.1, -0.05) is 30.4 Å². The summed E-state index contributed by atoms with van der Waals surface area (Å²) in [6.07, 6.45) is 10.1. The molecule has 0 saturated heterocycles. The maximum atomic E-state index is 3.32. The monoisotopic (exact) mass is 253 g/mol. The quantitative estimate of drug-likeness (QED) is 0.787. The fraction of sp³-hybridized carbons (Fsp3) is 0.294. The van der Waals surface area contributed by atoms with E-state index in [1.54, 1.807) is 0 Å². The first kappa shape index (κ1) is 12.2. The summed E-state index contributed by atoms with van der Waals surface area (Å²) in [5, 5.41) is 1.30. The van der Waals surface area contributed by atoms with Gasteiger partial charge in [0.2, 0.25) is 0 Å². The van der Waals surface area contributed by atoms with Crippen molar-refractivity contribution in [3.8, 4) is 0 Å². The molecule has 19 heavy (non-hydrogen) atoms. The lowest BCUT2D eigenvalue weighted by Gasteiger charge is -2.32. The van der Waals surface area contributed by atoms with Gasteiger partial charge in [0, 0.05) is 23.5 Å². The van der Waals surface area contributed by atoms with Gasteiger partial charge in [0.05, 0.1) is 27.2 Å². The van der Waals surface area contributed by atoms with Crippen molar-refractivity contribution in [2.75, 3.05) is 27.2 Å². The lowest BCUT2D eigenvalue weighted by Crippen LogP contribution is -2.42. The molecule has 2 heterocycles. The van der Waals surface area contributed by atoms with Crippen LogP contribution in [0.15, 0.2) is 48.2 Å². The number of likely N-dealkylation sites (N-methyl/N-ethyl adjacent to an activating group) is 1. The number of benzene rings is 1. The van der Waals surface area contributed by atoms with Gasteiger partial charge in [-0.15, -0.1) is 0 Å². The Morgan fingerprint density at radius 3 is 2.79 bits per heavy atom. The third-order valence-corrected chi connectivity index (χ3v) is 3.95. The third-order valence-electron chi connectivity index (χ3n) is 3.95.